The second-order valence-electron chi connectivity index (χ2n) is 6.56. The topological polar surface area (TPSA) is 247 Å². The van der Waals surface area contributed by atoms with E-state index in [1.807, 2.05) is 5.43 Å². The van der Waals surface area contributed by atoms with E-state index in [0.717, 1.165) is 24.3 Å². The number of anilines is 2. The van der Waals surface area contributed by atoms with Crippen LogP contribution >= 0.6 is 0 Å². The average molecular weight is 590 g/mol. The Balaban J connectivity index is 0.00000342. The third kappa shape index (κ3) is 7.49. The molecule has 37 heavy (non-hydrogen) atoms. The average Bonchev–Trinajstić information content (AvgIpc) is 2.78. The number of non-ortho nitro benzene ring substituents is 1. The second kappa shape index (κ2) is 12.6. The first-order valence-electron chi connectivity index (χ1n) is 9.04. The molecule has 0 aliphatic heterocycles. The quantitative estimate of drug-likeness (QED) is 0.104. The number of nitrogens with one attached hydrogen (secondary N) is 2. The summed E-state index contributed by atoms with van der Waals surface area (Å²) in [6.07, 6.45) is 0. The minimum atomic E-state index is -4.41. The first kappa shape index (κ1) is 31.5. The van der Waals surface area contributed by atoms with Gasteiger partial charge in [0.2, 0.25) is 10.9 Å². The first-order chi connectivity index (χ1) is 16.4. The fourth-order valence-electron chi connectivity index (χ4n) is 2.60. The molecule has 16 nitrogen and oxygen atoms in total. The summed E-state index contributed by atoms with van der Waals surface area (Å²) in [7, 11) is -4.41. The fraction of sp³-hybridized carbons (Fsp3) is 0. The second-order valence-corrected chi connectivity index (χ2v) is 7.98. The maximum Gasteiger partial charge on any atom is 2.00 e. The molecule has 0 aliphatic carbocycles. The summed E-state index contributed by atoms with van der Waals surface area (Å²) in [4.78, 5) is 44.1. The van der Waals surface area contributed by atoms with Crippen LogP contribution in [0.3, 0.4) is 0 Å². The van der Waals surface area contributed by atoms with Crippen LogP contribution in [0.2, 0.25) is 0 Å². The van der Waals surface area contributed by atoms with Crippen molar-refractivity contribution >= 4 is 32.9 Å². The van der Waals surface area contributed by atoms with Crippen molar-refractivity contribution in [3.8, 4) is 5.75 Å². The van der Waals surface area contributed by atoms with Crippen LogP contribution in [0.1, 0.15) is 0 Å². The molecule has 189 valence electrons. The minimum absolute atomic E-state index is 0. The van der Waals surface area contributed by atoms with Crippen LogP contribution in [0.4, 0.5) is 22.7 Å². The number of hydrogen-bond donors (Lipinski definition) is 3. The predicted molar refractivity (Wildman–Crippen MR) is 115 cm³/mol. The van der Waals surface area contributed by atoms with Gasteiger partial charge in [-0.05, 0) is 42.1 Å². The van der Waals surface area contributed by atoms with Gasteiger partial charge in [-0.2, -0.15) is 18.6 Å². The van der Waals surface area contributed by atoms with Crippen molar-refractivity contribution < 1.29 is 74.5 Å². The molecule has 0 saturated heterocycles. The van der Waals surface area contributed by atoms with Gasteiger partial charge in [-0.3, -0.25) is 45.2 Å². The van der Waals surface area contributed by atoms with E-state index in [1.54, 1.807) is 0 Å². The van der Waals surface area contributed by atoms with Crippen LogP contribution in [-0.2, 0) is 27.2 Å². The Morgan fingerprint density at radius 2 is 1.51 bits per heavy atom. The number of benzene rings is 3. The Kier molecular flexibility index (Phi) is 10.8. The molecule has 0 bridgehead atoms. The van der Waals surface area contributed by atoms with Gasteiger partial charge in [0, 0.05) is 6.07 Å². The zero-order chi connectivity index (χ0) is 25.9. The Hall–Kier alpha value is -3.51. The van der Waals surface area contributed by atoms with Crippen molar-refractivity contribution in [3.05, 3.63) is 99.9 Å². The predicted octanol–water partition coefficient (Wildman–Crippen LogP) is -3.72. The van der Waals surface area contributed by atoms with E-state index in [0.29, 0.717) is 12.1 Å². The standard InChI is InChI=1S/C18H12N6O10S.Cu.Na/c25-15-6-5-12(20-19-9-1-3-11(4-2-9)35(32,33)34)18(27)16(15)22-21-13-7-10(23(28)29)8-14(17(13)26)24(30)31;;/h1-8,19,21,26H,(H,32,33,34);;/q;+2;+1/p-1/b20-12-,22-16-;;. The molecule has 1 radical (unpaired) electrons. The molecule has 3 aromatic rings. The van der Waals surface area contributed by atoms with Gasteiger partial charge < -0.3 is 5.11 Å². The molecule has 0 saturated carbocycles. The maximum atomic E-state index is 12.6. The zero-order valence-corrected chi connectivity index (χ0v) is 22.0. The van der Waals surface area contributed by atoms with Gasteiger partial charge in [0.25, 0.3) is 21.5 Å². The van der Waals surface area contributed by atoms with Crippen molar-refractivity contribution in [2.24, 2.45) is 10.2 Å². The van der Waals surface area contributed by atoms with Gasteiger partial charge in [0.05, 0.1) is 32.2 Å². The smallest absolute Gasteiger partial charge is 0.866 e. The van der Waals surface area contributed by atoms with Crippen molar-refractivity contribution in [3.63, 3.8) is 0 Å². The van der Waals surface area contributed by atoms with E-state index < -0.39 is 59.0 Å². The molecule has 0 aromatic heterocycles. The van der Waals surface area contributed by atoms with Crippen molar-refractivity contribution in [1.29, 1.82) is 0 Å². The van der Waals surface area contributed by atoms with Crippen LogP contribution in [0, 0.1) is 20.2 Å². The molecule has 0 spiro atoms. The van der Waals surface area contributed by atoms with Gasteiger partial charge in [-0.1, -0.05) is 0 Å². The van der Waals surface area contributed by atoms with Gasteiger partial charge in [-0.15, -0.1) is 0 Å². The summed E-state index contributed by atoms with van der Waals surface area (Å²) in [5.41, 5.74) is 0.0530. The maximum absolute atomic E-state index is 12.6. The van der Waals surface area contributed by atoms with Gasteiger partial charge >= 0.3 is 46.6 Å². The summed E-state index contributed by atoms with van der Waals surface area (Å²) < 4.78 is 31.1. The number of hydrogen-bond acceptors (Lipinski definition) is 13. The molecule has 0 unspecified atom stereocenters. The number of nitro benzene ring substituents is 2. The molecular weight excluding hydrogens is 579 g/mol. The summed E-state index contributed by atoms with van der Waals surface area (Å²) in [6, 6.07) is 7.66. The minimum Gasteiger partial charge on any atom is -0.866 e. The third-order valence-electron chi connectivity index (χ3n) is 4.28. The van der Waals surface area contributed by atoms with Gasteiger partial charge in [0.15, 0.2) is 5.36 Å². The molecule has 0 fully saturated rings. The van der Waals surface area contributed by atoms with E-state index in [4.69, 9.17) is 4.55 Å². The van der Waals surface area contributed by atoms with E-state index in [9.17, 15) is 43.3 Å². The molecule has 3 aromatic carbocycles. The molecule has 3 N–H and O–H groups in total. The Morgan fingerprint density at radius 1 is 0.892 bits per heavy atom. The van der Waals surface area contributed by atoms with E-state index in [1.165, 1.54) is 12.1 Å². The molecule has 0 atom stereocenters. The van der Waals surface area contributed by atoms with Crippen LogP contribution in [-0.4, -0.2) is 22.8 Å². The van der Waals surface area contributed by atoms with E-state index >= 15 is 0 Å². The summed E-state index contributed by atoms with van der Waals surface area (Å²) in [5, 5.41) is 40.3. The van der Waals surface area contributed by atoms with Crippen LogP contribution < -0.4 is 67.1 Å². The van der Waals surface area contributed by atoms with Crippen LogP contribution in [0.25, 0.3) is 0 Å². The summed E-state index contributed by atoms with van der Waals surface area (Å²) >= 11 is 0. The van der Waals surface area contributed by atoms with Crippen LogP contribution in [0.15, 0.2) is 73.2 Å². The third-order valence-corrected chi connectivity index (χ3v) is 5.15. The first-order valence-corrected chi connectivity index (χ1v) is 10.5. The Morgan fingerprint density at radius 3 is 2.05 bits per heavy atom. The molecular formula is C18H11CuN6NaO10S+2. The molecule has 0 heterocycles. The Labute approximate surface area is 237 Å². The van der Waals surface area contributed by atoms with Gasteiger partial charge in [0.1, 0.15) is 5.36 Å². The summed E-state index contributed by atoms with van der Waals surface area (Å²) in [5.74, 6) is -1.26. The SMILES string of the molecule is O=c1cc/c(=N/Nc2ccc(S(=O)(=O)O)cc2)c(=O)/c1=N\Nc1cc([N+](=O)[O-])cc([N+](=O)[O-])c1[O-].[Cu+2].[Na+]. The van der Waals surface area contributed by atoms with Crippen molar-refractivity contribution in [1.82, 2.24) is 0 Å². The van der Waals surface area contributed by atoms with Crippen molar-refractivity contribution in [2.45, 2.75) is 4.90 Å². The number of nitro groups is 2. The molecule has 0 aliphatic rings. The largest absolute Gasteiger partial charge is 2.00 e. The van der Waals surface area contributed by atoms with Gasteiger partial charge in [-0.25, -0.2) is 0 Å². The summed E-state index contributed by atoms with van der Waals surface area (Å²) in [6.45, 7) is 0. The van der Waals surface area contributed by atoms with E-state index in [2.05, 4.69) is 15.6 Å². The van der Waals surface area contributed by atoms with E-state index in [-0.39, 0.29) is 62.6 Å². The monoisotopic (exact) mass is 589 g/mol. The molecule has 3 rings (SSSR count). The number of rotatable bonds is 7. The normalized spacial score (nSPS) is 11.7. The van der Waals surface area contributed by atoms with Crippen LogP contribution in [0.5, 0.6) is 5.75 Å². The fourth-order valence-corrected chi connectivity index (χ4v) is 3.08. The molecule has 0 amide bonds. The van der Waals surface area contributed by atoms with Crippen molar-refractivity contribution in [2.75, 3.05) is 10.9 Å². The number of nitrogens with zero attached hydrogens (tertiary/aromatic N) is 4. The molecule has 19 heteroatoms. The zero-order valence-electron chi connectivity index (χ0n) is 18.2. The Bertz CT molecular complexity index is 1690.